The first kappa shape index (κ1) is 27.1. The molecule has 2 aromatic carbocycles. The van der Waals surface area contributed by atoms with Crippen molar-refractivity contribution in [3.63, 3.8) is 0 Å². The van der Waals surface area contributed by atoms with E-state index in [1.54, 1.807) is 42.9 Å². The number of amides is 1. The molecule has 1 aromatic heterocycles. The second kappa shape index (κ2) is 12.1. The van der Waals surface area contributed by atoms with E-state index in [1.807, 2.05) is 30.7 Å². The van der Waals surface area contributed by atoms with Crippen LogP contribution in [-0.2, 0) is 16.1 Å². The first-order chi connectivity index (χ1) is 19.5. The summed E-state index contributed by atoms with van der Waals surface area (Å²) in [5.41, 5.74) is 1.00. The monoisotopic (exact) mass is 547 g/mol. The molecular weight excluding hydrogens is 514 g/mol. The first-order valence-corrected chi connectivity index (χ1v) is 13.6. The van der Waals surface area contributed by atoms with Crippen molar-refractivity contribution in [1.82, 2.24) is 14.5 Å². The maximum Gasteiger partial charge on any atom is 0.295 e. The van der Waals surface area contributed by atoms with E-state index < -0.39 is 17.7 Å². The summed E-state index contributed by atoms with van der Waals surface area (Å²) in [6.45, 7) is 6.55. The number of ether oxygens (including phenoxy) is 4. The summed E-state index contributed by atoms with van der Waals surface area (Å²) in [4.78, 5) is 32.4. The third-order valence-corrected chi connectivity index (χ3v) is 6.78. The number of aromatic nitrogens is 2. The van der Waals surface area contributed by atoms with Crippen LogP contribution in [0.1, 0.15) is 43.9 Å². The zero-order valence-electron chi connectivity index (χ0n) is 22.7. The molecule has 3 heterocycles. The molecule has 3 aromatic rings. The number of likely N-dealkylation sites (tertiary alicyclic amines) is 1. The number of aryl methyl sites for hydroxylation is 1. The number of aliphatic hydroxyl groups is 1. The highest BCUT2D eigenvalue weighted by molar-refractivity contribution is 6.46. The Morgan fingerprint density at radius 2 is 1.85 bits per heavy atom. The third kappa shape index (κ3) is 5.47. The van der Waals surface area contributed by atoms with Gasteiger partial charge in [0, 0.05) is 31.0 Å². The van der Waals surface area contributed by atoms with E-state index >= 15 is 0 Å². The lowest BCUT2D eigenvalue weighted by Gasteiger charge is -2.26. The Morgan fingerprint density at radius 1 is 1.02 bits per heavy atom. The molecular formula is C30H33N3O7. The van der Waals surface area contributed by atoms with Gasteiger partial charge in [0.05, 0.1) is 31.2 Å². The smallest absolute Gasteiger partial charge is 0.295 e. The fourth-order valence-electron chi connectivity index (χ4n) is 4.94. The number of nitrogens with zero attached hydrogens (tertiary/aromatic N) is 3. The molecule has 1 amide bonds. The fraction of sp³-hybridized carbons (Fsp3) is 0.367. The van der Waals surface area contributed by atoms with E-state index in [9.17, 15) is 14.7 Å². The van der Waals surface area contributed by atoms with Gasteiger partial charge in [0.25, 0.3) is 11.7 Å². The van der Waals surface area contributed by atoms with Gasteiger partial charge < -0.3 is 33.5 Å². The Labute approximate surface area is 232 Å². The highest BCUT2D eigenvalue weighted by Crippen LogP contribution is 2.43. The molecule has 0 saturated carbocycles. The molecule has 2 aliphatic heterocycles. The van der Waals surface area contributed by atoms with Gasteiger partial charge in [0.2, 0.25) is 0 Å². The SMILES string of the molecule is CCCOc1ccc(C2/C(=C(/O)c3ccc4c(c3)OCCO4)C(=O)C(=O)N2CCCn2ccnc2)cc1OCC. The van der Waals surface area contributed by atoms with Crippen molar-refractivity contribution in [2.45, 2.75) is 39.3 Å². The number of rotatable bonds is 11. The lowest BCUT2D eigenvalue weighted by molar-refractivity contribution is -0.139. The van der Waals surface area contributed by atoms with Crippen LogP contribution in [-0.4, -0.2) is 64.2 Å². The van der Waals surface area contributed by atoms with Crippen LogP contribution < -0.4 is 18.9 Å². The predicted octanol–water partition coefficient (Wildman–Crippen LogP) is 4.35. The largest absolute Gasteiger partial charge is 0.507 e. The summed E-state index contributed by atoms with van der Waals surface area (Å²) in [6, 6.07) is 9.52. The summed E-state index contributed by atoms with van der Waals surface area (Å²) < 4.78 is 24.9. The minimum atomic E-state index is -0.824. The van der Waals surface area contributed by atoms with Gasteiger partial charge in [0.1, 0.15) is 19.0 Å². The Kier molecular flexibility index (Phi) is 8.23. The average molecular weight is 548 g/mol. The molecule has 40 heavy (non-hydrogen) atoms. The lowest BCUT2D eigenvalue weighted by Crippen LogP contribution is -2.31. The molecule has 0 bridgehead atoms. The van der Waals surface area contributed by atoms with Gasteiger partial charge in [-0.15, -0.1) is 0 Å². The third-order valence-electron chi connectivity index (χ3n) is 6.78. The molecule has 10 heteroatoms. The van der Waals surface area contributed by atoms with Crippen molar-refractivity contribution in [2.75, 3.05) is 33.0 Å². The molecule has 0 spiro atoms. The van der Waals surface area contributed by atoms with Crippen LogP contribution >= 0.6 is 0 Å². The number of aliphatic hydroxyl groups excluding tert-OH is 1. The van der Waals surface area contributed by atoms with Crippen molar-refractivity contribution in [2.24, 2.45) is 0 Å². The van der Waals surface area contributed by atoms with Gasteiger partial charge in [-0.25, -0.2) is 4.98 Å². The molecule has 10 nitrogen and oxygen atoms in total. The zero-order chi connectivity index (χ0) is 28.1. The van der Waals surface area contributed by atoms with Crippen molar-refractivity contribution in [3.05, 3.63) is 71.8 Å². The molecule has 210 valence electrons. The Hall–Kier alpha value is -4.47. The fourth-order valence-corrected chi connectivity index (χ4v) is 4.94. The van der Waals surface area contributed by atoms with Crippen LogP contribution in [0.3, 0.4) is 0 Å². The minimum Gasteiger partial charge on any atom is -0.507 e. The quantitative estimate of drug-likeness (QED) is 0.214. The molecule has 1 fully saturated rings. The number of imidazole rings is 1. The summed E-state index contributed by atoms with van der Waals surface area (Å²) in [5.74, 6) is 0.430. The Balaban J connectivity index is 1.56. The lowest BCUT2D eigenvalue weighted by atomic mass is 9.94. The summed E-state index contributed by atoms with van der Waals surface area (Å²) >= 11 is 0. The number of hydrogen-bond donors (Lipinski definition) is 1. The molecule has 0 aliphatic carbocycles. The molecule has 5 rings (SSSR count). The van der Waals surface area contributed by atoms with Gasteiger partial charge in [-0.3, -0.25) is 9.59 Å². The number of benzene rings is 2. The molecule has 2 aliphatic rings. The predicted molar refractivity (Wildman–Crippen MR) is 147 cm³/mol. The van der Waals surface area contributed by atoms with E-state index in [4.69, 9.17) is 18.9 Å². The molecule has 1 atom stereocenters. The van der Waals surface area contributed by atoms with Gasteiger partial charge in [0.15, 0.2) is 23.0 Å². The topological polar surface area (TPSA) is 112 Å². The van der Waals surface area contributed by atoms with Gasteiger partial charge >= 0.3 is 0 Å². The van der Waals surface area contributed by atoms with E-state index in [2.05, 4.69) is 4.98 Å². The maximum absolute atomic E-state index is 13.5. The molecule has 1 saturated heterocycles. The van der Waals surface area contributed by atoms with E-state index in [-0.39, 0.29) is 11.3 Å². The number of carbonyl (C=O) groups excluding carboxylic acids is 2. The molecule has 0 radical (unpaired) electrons. The average Bonchev–Trinajstić information content (AvgIpc) is 3.58. The second-order valence-corrected chi connectivity index (χ2v) is 9.49. The number of carbonyl (C=O) groups is 2. The van der Waals surface area contributed by atoms with Gasteiger partial charge in [-0.05, 0) is 55.7 Å². The Bertz CT molecular complexity index is 1400. The van der Waals surface area contributed by atoms with Gasteiger partial charge in [-0.2, -0.15) is 0 Å². The molecule has 1 unspecified atom stereocenters. The van der Waals surface area contributed by atoms with Crippen LogP contribution in [0, 0.1) is 0 Å². The van der Waals surface area contributed by atoms with Crippen molar-refractivity contribution in [3.8, 4) is 23.0 Å². The van der Waals surface area contributed by atoms with Crippen molar-refractivity contribution in [1.29, 1.82) is 0 Å². The highest BCUT2D eigenvalue weighted by Gasteiger charge is 2.46. The van der Waals surface area contributed by atoms with E-state index in [0.29, 0.717) is 80.1 Å². The van der Waals surface area contributed by atoms with Crippen LogP contribution in [0.15, 0.2) is 60.7 Å². The van der Waals surface area contributed by atoms with Crippen molar-refractivity contribution < 1.29 is 33.6 Å². The highest BCUT2D eigenvalue weighted by atomic mass is 16.6. The standard InChI is InChI=1S/C30H33N3O7/c1-3-14-38-22-8-6-20(17-24(22)37-4-2)27-26(28(34)21-7-9-23-25(18-21)40-16-15-39-23)29(35)30(36)33(27)12-5-11-32-13-10-31-19-32/h6-10,13,17-19,27,34H,3-5,11-12,14-16H2,1-2H3/b28-26-. The number of fused-ring (bicyclic) bond motifs is 1. The van der Waals surface area contributed by atoms with Crippen LogP contribution in [0.4, 0.5) is 0 Å². The first-order valence-electron chi connectivity index (χ1n) is 13.6. The number of hydrogen-bond acceptors (Lipinski definition) is 8. The van der Waals surface area contributed by atoms with E-state index in [0.717, 1.165) is 6.42 Å². The van der Waals surface area contributed by atoms with Crippen LogP contribution in [0.25, 0.3) is 5.76 Å². The molecule has 1 N–H and O–H groups in total. The summed E-state index contributed by atoms with van der Waals surface area (Å²) in [7, 11) is 0. The second-order valence-electron chi connectivity index (χ2n) is 9.49. The zero-order valence-corrected chi connectivity index (χ0v) is 22.7. The Morgan fingerprint density at radius 3 is 2.60 bits per heavy atom. The maximum atomic E-state index is 13.5. The van der Waals surface area contributed by atoms with Crippen LogP contribution in [0.5, 0.6) is 23.0 Å². The minimum absolute atomic E-state index is 0.00832. The number of ketones is 1. The van der Waals surface area contributed by atoms with E-state index in [1.165, 1.54) is 4.90 Å². The number of Topliss-reactive ketones (excluding diaryl/α,β-unsaturated/α-hetero) is 1. The van der Waals surface area contributed by atoms with Crippen molar-refractivity contribution >= 4 is 17.4 Å². The summed E-state index contributed by atoms with van der Waals surface area (Å²) in [5, 5.41) is 11.5. The van der Waals surface area contributed by atoms with Crippen LogP contribution in [0.2, 0.25) is 0 Å². The van der Waals surface area contributed by atoms with Gasteiger partial charge in [-0.1, -0.05) is 13.0 Å². The normalized spacial score (nSPS) is 17.8. The summed E-state index contributed by atoms with van der Waals surface area (Å²) in [6.07, 6.45) is 6.66.